The highest BCUT2D eigenvalue weighted by Crippen LogP contribution is 2.50. The number of hydrogen-bond donors (Lipinski definition) is 0. The number of carbonyl (C=O) groups excluding carboxylic acids is 1. The maximum absolute atomic E-state index is 13.5. The van der Waals surface area contributed by atoms with Crippen LogP contribution in [-0.4, -0.2) is 11.9 Å². The maximum Gasteiger partial charge on any atom is 0.146 e. The van der Waals surface area contributed by atoms with Gasteiger partial charge in [-0.1, -0.05) is 25.3 Å². The van der Waals surface area contributed by atoms with Crippen LogP contribution < -0.4 is 4.74 Å². The summed E-state index contributed by atoms with van der Waals surface area (Å²) in [4.78, 5) is 12.0. The summed E-state index contributed by atoms with van der Waals surface area (Å²) >= 11 is 0. The van der Waals surface area contributed by atoms with E-state index in [0.717, 1.165) is 25.7 Å². The molecule has 1 spiro atoms. The molecule has 1 atom stereocenters. The second kappa shape index (κ2) is 4.62. The fourth-order valence-corrected chi connectivity index (χ4v) is 3.36. The van der Waals surface area contributed by atoms with E-state index >= 15 is 0 Å². The molecular formula is C16H19FO2. The Bertz CT molecular complexity index is 503. The molecule has 3 rings (SSSR count). The van der Waals surface area contributed by atoms with Gasteiger partial charge < -0.3 is 4.74 Å². The first-order valence-electron chi connectivity index (χ1n) is 7.08. The molecule has 3 heteroatoms. The van der Waals surface area contributed by atoms with Crippen LogP contribution in [0.3, 0.4) is 0 Å². The average molecular weight is 262 g/mol. The quantitative estimate of drug-likeness (QED) is 0.810. The van der Waals surface area contributed by atoms with Crippen LogP contribution >= 0.6 is 0 Å². The molecule has 1 aromatic carbocycles. The molecule has 0 heterocycles. The lowest BCUT2D eigenvalue weighted by molar-refractivity contribution is -0.156. The molecule has 0 N–H and O–H groups in total. The van der Waals surface area contributed by atoms with Crippen molar-refractivity contribution >= 4 is 5.78 Å². The van der Waals surface area contributed by atoms with E-state index in [-0.39, 0.29) is 17.3 Å². The Morgan fingerprint density at radius 1 is 1.26 bits per heavy atom. The average Bonchev–Trinajstić information content (AvgIpc) is 2.43. The van der Waals surface area contributed by atoms with E-state index in [1.54, 1.807) is 19.1 Å². The van der Waals surface area contributed by atoms with Crippen LogP contribution in [-0.2, 0) is 4.79 Å². The minimum absolute atomic E-state index is 0.0533. The van der Waals surface area contributed by atoms with E-state index in [2.05, 4.69) is 0 Å². The summed E-state index contributed by atoms with van der Waals surface area (Å²) in [6.45, 7) is 1.73. The monoisotopic (exact) mass is 262 g/mol. The van der Waals surface area contributed by atoms with Gasteiger partial charge >= 0.3 is 0 Å². The first-order valence-corrected chi connectivity index (χ1v) is 7.08. The number of hydrogen-bond acceptors (Lipinski definition) is 2. The predicted octanol–water partition coefficient (Wildman–Crippen LogP) is 3.80. The second-order valence-electron chi connectivity index (χ2n) is 5.86. The Balaban J connectivity index is 1.76. The first kappa shape index (κ1) is 12.6. The van der Waals surface area contributed by atoms with Crippen LogP contribution in [0.4, 0.5) is 4.39 Å². The van der Waals surface area contributed by atoms with E-state index in [9.17, 15) is 9.18 Å². The summed E-state index contributed by atoms with van der Waals surface area (Å²) in [5.74, 6) is 0.635. The second-order valence-corrected chi connectivity index (χ2v) is 5.86. The number of ketones is 1. The maximum atomic E-state index is 13.5. The van der Waals surface area contributed by atoms with Gasteiger partial charge in [-0.2, -0.15) is 0 Å². The molecule has 2 fully saturated rings. The zero-order valence-corrected chi connectivity index (χ0v) is 11.2. The van der Waals surface area contributed by atoms with Gasteiger partial charge in [-0.15, -0.1) is 0 Å². The van der Waals surface area contributed by atoms with Gasteiger partial charge in [0.05, 0.1) is 5.41 Å². The number of Topliss-reactive ketones (excluding diaryl/α,β-unsaturated/α-hetero) is 1. The van der Waals surface area contributed by atoms with Crippen molar-refractivity contribution < 1.29 is 13.9 Å². The molecule has 1 aromatic rings. The molecule has 0 aliphatic heterocycles. The molecule has 0 aromatic heterocycles. The highest BCUT2D eigenvalue weighted by Gasteiger charge is 2.56. The Kier molecular flexibility index (Phi) is 3.08. The number of rotatable bonds is 2. The molecule has 2 aliphatic carbocycles. The molecule has 2 nitrogen and oxygen atoms in total. The van der Waals surface area contributed by atoms with Crippen LogP contribution in [0.25, 0.3) is 0 Å². The predicted molar refractivity (Wildman–Crippen MR) is 70.7 cm³/mol. The van der Waals surface area contributed by atoms with Crippen LogP contribution in [0, 0.1) is 18.2 Å². The highest BCUT2D eigenvalue weighted by atomic mass is 19.1. The van der Waals surface area contributed by atoms with Gasteiger partial charge in [0.2, 0.25) is 0 Å². The van der Waals surface area contributed by atoms with Gasteiger partial charge in [-0.25, -0.2) is 4.39 Å². The molecule has 19 heavy (non-hydrogen) atoms. The van der Waals surface area contributed by atoms with Crippen molar-refractivity contribution in [2.75, 3.05) is 0 Å². The lowest BCUT2D eigenvalue weighted by Gasteiger charge is -2.49. The van der Waals surface area contributed by atoms with Crippen LogP contribution in [0.1, 0.15) is 44.1 Å². The van der Waals surface area contributed by atoms with E-state index in [4.69, 9.17) is 4.74 Å². The van der Waals surface area contributed by atoms with Crippen molar-refractivity contribution in [2.45, 2.75) is 51.6 Å². The van der Waals surface area contributed by atoms with Crippen molar-refractivity contribution in [3.05, 3.63) is 29.6 Å². The third kappa shape index (κ3) is 2.05. The van der Waals surface area contributed by atoms with Crippen molar-refractivity contribution in [1.82, 2.24) is 0 Å². The smallest absolute Gasteiger partial charge is 0.146 e. The van der Waals surface area contributed by atoms with Crippen molar-refractivity contribution in [1.29, 1.82) is 0 Å². The number of halogens is 1. The molecule has 2 aliphatic rings. The van der Waals surface area contributed by atoms with E-state index < -0.39 is 0 Å². The molecule has 0 amide bonds. The summed E-state index contributed by atoms with van der Waals surface area (Å²) in [5, 5.41) is 0. The zero-order valence-electron chi connectivity index (χ0n) is 11.2. The van der Waals surface area contributed by atoms with Gasteiger partial charge in [0, 0.05) is 12.5 Å². The van der Waals surface area contributed by atoms with Crippen molar-refractivity contribution in [3.63, 3.8) is 0 Å². The molecule has 0 radical (unpaired) electrons. The SMILES string of the molecule is Cc1ccc(OC2CC(=O)C23CCCCC3)cc1F. The lowest BCUT2D eigenvalue weighted by Crippen LogP contribution is -2.57. The molecule has 2 saturated carbocycles. The number of aryl methyl sites for hydroxylation is 1. The zero-order chi connectivity index (χ0) is 13.5. The van der Waals surface area contributed by atoms with Gasteiger partial charge in [-0.3, -0.25) is 4.79 Å². The fraction of sp³-hybridized carbons (Fsp3) is 0.562. The standard InChI is InChI=1S/C16H19FO2/c1-11-5-6-12(9-13(11)17)19-15-10-14(18)16(15)7-3-2-4-8-16/h5-6,9,15H,2-4,7-8,10H2,1H3. The van der Waals surface area contributed by atoms with Gasteiger partial charge in [-0.05, 0) is 31.4 Å². The van der Waals surface area contributed by atoms with Crippen molar-refractivity contribution in [2.24, 2.45) is 5.41 Å². The van der Waals surface area contributed by atoms with Crippen LogP contribution in [0.2, 0.25) is 0 Å². The summed E-state index contributed by atoms with van der Waals surface area (Å²) in [6, 6.07) is 4.94. The first-order chi connectivity index (χ1) is 9.12. The molecule has 0 bridgehead atoms. The van der Waals surface area contributed by atoms with Crippen LogP contribution in [0.15, 0.2) is 18.2 Å². The van der Waals surface area contributed by atoms with Gasteiger partial charge in [0.25, 0.3) is 0 Å². The number of benzene rings is 1. The summed E-state index contributed by atoms with van der Waals surface area (Å²) in [7, 11) is 0. The lowest BCUT2D eigenvalue weighted by atomic mass is 9.57. The number of ether oxygens (including phenoxy) is 1. The topological polar surface area (TPSA) is 26.3 Å². The third-order valence-corrected chi connectivity index (χ3v) is 4.71. The van der Waals surface area contributed by atoms with Crippen molar-refractivity contribution in [3.8, 4) is 5.75 Å². The molecule has 0 saturated heterocycles. The summed E-state index contributed by atoms with van der Waals surface area (Å²) in [6.07, 6.45) is 5.72. The normalized spacial score (nSPS) is 25.2. The Labute approximate surface area is 113 Å². The van der Waals surface area contributed by atoms with Gasteiger partial charge in [0.1, 0.15) is 23.5 Å². The molecular weight excluding hydrogens is 243 g/mol. The highest BCUT2D eigenvalue weighted by molar-refractivity contribution is 5.92. The summed E-state index contributed by atoms with van der Waals surface area (Å²) < 4.78 is 19.4. The molecule has 102 valence electrons. The van der Waals surface area contributed by atoms with E-state index in [1.165, 1.54) is 12.5 Å². The van der Waals surface area contributed by atoms with Crippen LogP contribution in [0.5, 0.6) is 5.75 Å². The fourth-order valence-electron chi connectivity index (χ4n) is 3.36. The molecule has 1 unspecified atom stereocenters. The largest absolute Gasteiger partial charge is 0.489 e. The van der Waals surface area contributed by atoms with Gasteiger partial charge in [0.15, 0.2) is 0 Å². The summed E-state index contributed by atoms with van der Waals surface area (Å²) in [5.41, 5.74) is 0.351. The third-order valence-electron chi connectivity index (χ3n) is 4.71. The van der Waals surface area contributed by atoms with E-state index in [1.807, 2.05) is 0 Å². The Morgan fingerprint density at radius 3 is 2.63 bits per heavy atom. The minimum atomic E-state index is -0.264. The number of carbonyl (C=O) groups is 1. The Morgan fingerprint density at radius 2 is 2.00 bits per heavy atom. The minimum Gasteiger partial charge on any atom is -0.489 e. The Hall–Kier alpha value is -1.38. The van der Waals surface area contributed by atoms with E-state index in [0.29, 0.717) is 23.5 Å².